The van der Waals surface area contributed by atoms with Gasteiger partial charge in [0.25, 0.3) is 0 Å². The molecule has 0 unspecified atom stereocenters. The molecule has 1 saturated heterocycles. The maximum Gasteiger partial charge on any atom is 0.151 e. The molecule has 2 N–H and O–H groups in total. The van der Waals surface area contributed by atoms with E-state index in [9.17, 15) is 8.78 Å². The van der Waals surface area contributed by atoms with Gasteiger partial charge in [0, 0.05) is 37.9 Å². The number of benzene rings is 2. The highest BCUT2D eigenvalue weighted by Crippen LogP contribution is 2.28. The number of nitrogen functional groups attached to an aromatic ring is 1. The molecule has 0 bridgehead atoms. The van der Waals surface area contributed by atoms with E-state index in [-0.39, 0.29) is 5.69 Å². The lowest BCUT2D eigenvalue weighted by Crippen LogP contribution is -2.46. The summed E-state index contributed by atoms with van der Waals surface area (Å²) in [5, 5.41) is 0. The molecule has 1 heterocycles. The maximum atomic E-state index is 13.5. The third-order valence-electron chi connectivity index (χ3n) is 3.81. The van der Waals surface area contributed by atoms with Crippen molar-refractivity contribution in [2.45, 2.75) is 0 Å². The first-order valence-electron chi connectivity index (χ1n) is 6.94. The molecule has 0 spiro atoms. The Balaban J connectivity index is 1.74. The first-order valence-corrected chi connectivity index (χ1v) is 6.94. The summed E-state index contributed by atoms with van der Waals surface area (Å²) in [6.45, 7) is 2.95. The Bertz CT molecular complexity index is 623. The molecular weight excluding hydrogens is 272 g/mol. The lowest BCUT2D eigenvalue weighted by molar-refractivity contribution is 0.582. The molecule has 3 rings (SSSR count). The fourth-order valence-corrected chi connectivity index (χ4v) is 2.68. The Kier molecular flexibility index (Phi) is 3.64. The predicted octanol–water partition coefficient (Wildman–Crippen LogP) is 2.87. The standard InChI is InChI=1S/C16H17F2N3/c17-12-10-14(18)16(19)15(11-12)21-8-6-20(7-9-21)13-4-2-1-3-5-13/h1-5,10-11H,6-9,19H2. The van der Waals surface area contributed by atoms with Gasteiger partial charge in [0.2, 0.25) is 0 Å². The second-order valence-corrected chi connectivity index (χ2v) is 5.13. The molecule has 1 fully saturated rings. The summed E-state index contributed by atoms with van der Waals surface area (Å²) < 4.78 is 26.9. The molecule has 0 aromatic heterocycles. The fourth-order valence-electron chi connectivity index (χ4n) is 2.68. The van der Waals surface area contributed by atoms with Crippen LogP contribution in [0.2, 0.25) is 0 Å². The number of anilines is 3. The summed E-state index contributed by atoms with van der Waals surface area (Å²) in [6.07, 6.45) is 0. The van der Waals surface area contributed by atoms with E-state index in [1.807, 2.05) is 23.1 Å². The lowest BCUT2D eigenvalue weighted by Gasteiger charge is -2.37. The molecule has 1 aliphatic rings. The number of nitrogens with two attached hydrogens (primary N) is 1. The molecule has 0 amide bonds. The molecule has 110 valence electrons. The lowest BCUT2D eigenvalue weighted by atomic mass is 10.2. The van der Waals surface area contributed by atoms with Gasteiger partial charge in [-0.3, -0.25) is 0 Å². The quantitative estimate of drug-likeness (QED) is 0.863. The maximum absolute atomic E-state index is 13.5. The molecule has 0 atom stereocenters. The van der Waals surface area contributed by atoms with Gasteiger partial charge in [0.15, 0.2) is 5.82 Å². The second-order valence-electron chi connectivity index (χ2n) is 5.13. The Morgan fingerprint density at radius 1 is 0.857 bits per heavy atom. The van der Waals surface area contributed by atoms with Gasteiger partial charge in [-0.1, -0.05) is 18.2 Å². The van der Waals surface area contributed by atoms with Crippen LogP contribution in [0.1, 0.15) is 0 Å². The minimum Gasteiger partial charge on any atom is -0.395 e. The van der Waals surface area contributed by atoms with E-state index < -0.39 is 11.6 Å². The molecule has 1 aliphatic heterocycles. The van der Waals surface area contributed by atoms with Crippen LogP contribution in [0.3, 0.4) is 0 Å². The van der Waals surface area contributed by atoms with Crippen LogP contribution in [-0.2, 0) is 0 Å². The first-order chi connectivity index (χ1) is 10.1. The van der Waals surface area contributed by atoms with Crippen LogP contribution in [0.15, 0.2) is 42.5 Å². The highest BCUT2D eigenvalue weighted by molar-refractivity contribution is 5.69. The number of piperazine rings is 1. The van der Waals surface area contributed by atoms with Gasteiger partial charge in [0.05, 0.1) is 11.4 Å². The predicted molar refractivity (Wildman–Crippen MR) is 81.6 cm³/mol. The number of hydrogen-bond acceptors (Lipinski definition) is 3. The van der Waals surface area contributed by atoms with Crippen molar-refractivity contribution in [2.24, 2.45) is 0 Å². The van der Waals surface area contributed by atoms with Crippen molar-refractivity contribution in [1.29, 1.82) is 0 Å². The SMILES string of the molecule is Nc1c(F)cc(F)cc1N1CCN(c2ccccc2)CC1. The molecule has 0 radical (unpaired) electrons. The highest BCUT2D eigenvalue weighted by atomic mass is 19.1. The van der Waals surface area contributed by atoms with Crippen LogP contribution in [0.25, 0.3) is 0 Å². The van der Waals surface area contributed by atoms with Gasteiger partial charge >= 0.3 is 0 Å². The summed E-state index contributed by atoms with van der Waals surface area (Å²) >= 11 is 0. The third kappa shape index (κ3) is 2.77. The molecule has 2 aromatic carbocycles. The normalized spacial score (nSPS) is 15.3. The topological polar surface area (TPSA) is 32.5 Å². The summed E-state index contributed by atoms with van der Waals surface area (Å²) in [4.78, 5) is 4.18. The third-order valence-corrected chi connectivity index (χ3v) is 3.81. The zero-order chi connectivity index (χ0) is 14.8. The van der Waals surface area contributed by atoms with E-state index in [2.05, 4.69) is 17.0 Å². The van der Waals surface area contributed by atoms with Crippen molar-refractivity contribution in [3.05, 3.63) is 54.1 Å². The van der Waals surface area contributed by atoms with E-state index in [1.165, 1.54) is 6.07 Å². The summed E-state index contributed by atoms with van der Waals surface area (Å²) in [5.74, 6) is -1.29. The van der Waals surface area contributed by atoms with E-state index >= 15 is 0 Å². The van der Waals surface area contributed by atoms with Crippen LogP contribution in [0, 0.1) is 11.6 Å². The summed E-state index contributed by atoms with van der Waals surface area (Å²) in [5.41, 5.74) is 7.36. The van der Waals surface area contributed by atoms with E-state index in [1.54, 1.807) is 0 Å². The Morgan fingerprint density at radius 2 is 1.48 bits per heavy atom. The zero-order valence-corrected chi connectivity index (χ0v) is 11.6. The second kappa shape index (κ2) is 5.60. The van der Waals surface area contributed by atoms with Crippen molar-refractivity contribution in [3.8, 4) is 0 Å². The molecule has 2 aromatic rings. The molecule has 0 aliphatic carbocycles. The molecule has 3 nitrogen and oxygen atoms in total. The number of rotatable bonds is 2. The summed E-state index contributed by atoms with van der Waals surface area (Å²) in [6, 6.07) is 12.2. The first kappa shape index (κ1) is 13.7. The monoisotopic (exact) mass is 289 g/mol. The van der Waals surface area contributed by atoms with E-state index in [0.29, 0.717) is 18.8 Å². The van der Waals surface area contributed by atoms with Crippen LogP contribution < -0.4 is 15.5 Å². The van der Waals surface area contributed by atoms with Gasteiger partial charge in [-0.15, -0.1) is 0 Å². The fraction of sp³-hybridized carbons (Fsp3) is 0.250. The van der Waals surface area contributed by atoms with Gasteiger partial charge in [-0.2, -0.15) is 0 Å². The van der Waals surface area contributed by atoms with Crippen LogP contribution in [0.4, 0.5) is 25.8 Å². The zero-order valence-electron chi connectivity index (χ0n) is 11.6. The van der Waals surface area contributed by atoms with Crippen LogP contribution in [-0.4, -0.2) is 26.2 Å². The Hall–Kier alpha value is -2.30. The van der Waals surface area contributed by atoms with Gasteiger partial charge in [0.1, 0.15) is 5.82 Å². The van der Waals surface area contributed by atoms with E-state index in [4.69, 9.17) is 5.73 Å². The number of nitrogens with zero attached hydrogens (tertiary/aromatic N) is 2. The summed E-state index contributed by atoms with van der Waals surface area (Å²) in [7, 11) is 0. The van der Waals surface area contributed by atoms with Crippen molar-refractivity contribution >= 4 is 17.1 Å². The van der Waals surface area contributed by atoms with Crippen molar-refractivity contribution in [1.82, 2.24) is 0 Å². The number of hydrogen-bond donors (Lipinski definition) is 1. The van der Waals surface area contributed by atoms with Gasteiger partial charge in [-0.25, -0.2) is 8.78 Å². The average Bonchev–Trinajstić information content (AvgIpc) is 2.52. The number of halogens is 2. The highest BCUT2D eigenvalue weighted by Gasteiger charge is 2.20. The Labute approximate surface area is 122 Å². The van der Waals surface area contributed by atoms with Crippen molar-refractivity contribution in [3.63, 3.8) is 0 Å². The smallest absolute Gasteiger partial charge is 0.151 e. The minimum absolute atomic E-state index is 0.0181. The minimum atomic E-state index is -0.699. The molecule has 21 heavy (non-hydrogen) atoms. The van der Waals surface area contributed by atoms with Crippen molar-refractivity contribution in [2.75, 3.05) is 41.7 Å². The Morgan fingerprint density at radius 3 is 2.14 bits per heavy atom. The molecule has 0 saturated carbocycles. The number of para-hydroxylation sites is 1. The van der Waals surface area contributed by atoms with E-state index in [0.717, 1.165) is 24.8 Å². The van der Waals surface area contributed by atoms with Crippen LogP contribution in [0.5, 0.6) is 0 Å². The van der Waals surface area contributed by atoms with Crippen molar-refractivity contribution < 1.29 is 8.78 Å². The molecular formula is C16H17F2N3. The van der Waals surface area contributed by atoms with Gasteiger partial charge in [-0.05, 0) is 18.2 Å². The molecule has 5 heteroatoms. The largest absolute Gasteiger partial charge is 0.395 e. The van der Waals surface area contributed by atoms with Gasteiger partial charge < -0.3 is 15.5 Å². The van der Waals surface area contributed by atoms with Crippen LogP contribution >= 0.6 is 0 Å². The average molecular weight is 289 g/mol.